The first-order valence-electron chi connectivity index (χ1n) is 8.82. The van der Waals surface area contributed by atoms with Gasteiger partial charge in [-0.05, 0) is 37.8 Å². The van der Waals surface area contributed by atoms with Gasteiger partial charge in [-0.25, -0.2) is 12.7 Å². The molecule has 0 saturated carbocycles. The Morgan fingerprint density at radius 1 is 1.24 bits per heavy atom. The molecule has 7 heteroatoms. The average Bonchev–Trinajstić information content (AvgIpc) is 2.95. The molecule has 2 heterocycles. The molecule has 6 nitrogen and oxygen atoms in total. The lowest BCUT2D eigenvalue weighted by molar-refractivity contribution is -0.123. The smallest absolute Gasteiger partial charge is 0.230 e. The van der Waals surface area contributed by atoms with Gasteiger partial charge >= 0.3 is 0 Å². The highest BCUT2D eigenvalue weighted by atomic mass is 32.2. The number of piperidine rings is 1. The van der Waals surface area contributed by atoms with Crippen LogP contribution in [-0.4, -0.2) is 57.2 Å². The monoisotopic (exact) mass is 366 g/mol. The Kier molecular flexibility index (Phi) is 5.46. The summed E-state index contributed by atoms with van der Waals surface area (Å²) in [5, 5.41) is 0. The topological polar surface area (TPSA) is 66.9 Å². The van der Waals surface area contributed by atoms with Gasteiger partial charge in [0.15, 0.2) is 0 Å². The van der Waals surface area contributed by atoms with E-state index in [-0.39, 0.29) is 30.2 Å². The molecule has 0 radical (unpaired) electrons. The van der Waals surface area contributed by atoms with E-state index < -0.39 is 10.0 Å². The molecule has 0 spiro atoms. The lowest BCUT2D eigenvalue weighted by Gasteiger charge is -2.34. The van der Waals surface area contributed by atoms with Crippen LogP contribution in [0.5, 0.6) is 0 Å². The summed E-state index contributed by atoms with van der Waals surface area (Å²) in [5.74, 6) is 0.0208. The summed E-state index contributed by atoms with van der Waals surface area (Å²) in [6.45, 7) is 3.09. The zero-order valence-electron chi connectivity index (χ0n) is 14.8. The predicted octanol–water partition coefficient (Wildman–Crippen LogP) is 1.65. The van der Waals surface area contributed by atoms with Gasteiger partial charge in [-0.2, -0.15) is 0 Å². The quantitative estimate of drug-likeness (QED) is 0.795. The number of ether oxygens (including phenoxy) is 1. The Morgan fingerprint density at radius 3 is 2.60 bits per heavy atom. The Hall–Kier alpha value is -1.44. The third-order valence-electron chi connectivity index (χ3n) is 5.19. The molecule has 2 aliphatic rings. The number of carbonyl (C=O) groups is 1. The molecule has 1 unspecified atom stereocenters. The Bertz CT molecular complexity index is 726. The number of benzene rings is 1. The van der Waals surface area contributed by atoms with Crippen LogP contribution in [-0.2, 0) is 26.0 Å². The number of anilines is 1. The summed E-state index contributed by atoms with van der Waals surface area (Å²) < 4.78 is 30.9. The first-order chi connectivity index (χ1) is 11.9. The van der Waals surface area contributed by atoms with Gasteiger partial charge in [-0.1, -0.05) is 18.2 Å². The molecule has 2 aliphatic heterocycles. The molecule has 0 N–H and O–H groups in total. The Morgan fingerprint density at radius 2 is 1.92 bits per heavy atom. The molecule has 0 aromatic heterocycles. The largest absolute Gasteiger partial charge is 0.384 e. The second-order valence-corrected chi connectivity index (χ2v) is 8.96. The van der Waals surface area contributed by atoms with Crippen LogP contribution in [0.2, 0.25) is 0 Å². The minimum absolute atomic E-state index is 0.00134. The molecule has 0 bridgehead atoms. The van der Waals surface area contributed by atoms with Crippen LogP contribution in [0.4, 0.5) is 5.69 Å². The molecule has 1 aromatic rings. The van der Waals surface area contributed by atoms with Crippen LogP contribution in [0.25, 0.3) is 0 Å². The maximum Gasteiger partial charge on any atom is 0.230 e. The summed E-state index contributed by atoms with van der Waals surface area (Å²) in [5.41, 5.74) is 2.22. The number of carbonyl (C=O) groups excluding carboxylic acids is 1. The highest BCUT2D eigenvalue weighted by Crippen LogP contribution is 2.34. The van der Waals surface area contributed by atoms with Gasteiger partial charge in [0, 0.05) is 37.8 Å². The fourth-order valence-corrected chi connectivity index (χ4v) is 5.20. The van der Waals surface area contributed by atoms with Crippen molar-refractivity contribution < 1.29 is 17.9 Å². The summed E-state index contributed by atoms with van der Waals surface area (Å²) >= 11 is 0. The third-order valence-corrected chi connectivity index (χ3v) is 7.02. The molecule has 1 atom stereocenters. The van der Waals surface area contributed by atoms with Gasteiger partial charge < -0.3 is 9.64 Å². The zero-order valence-corrected chi connectivity index (χ0v) is 15.7. The van der Waals surface area contributed by atoms with Crippen molar-refractivity contribution in [3.05, 3.63) is 29.8 Å². The van der Waals surface area contributed by atoms with E-state index >= 15 is 0 Å². The first kappa shape index (κ1) is 18.4. The summed E-state index contributed by atoms with van der Waals surface area (Å²) in [6, 6.07) is 8.20. The normalized spacial score (nSPS) is 22.2. The van der Waals surface area contributed by atoms with Crippen molar-refractivity contribution in [1.29, 1.82) is 0 Å². The summed E-state index contributed by atoms with van der Waals surface area (Å²) in [6.07, 6.45) is 2.04. The van der Waals surface area contributed by atoms with E-state index in [0.29, 0.717) is 25.9 Å². The van der Waals surface area contributed by atoms with Crippen LogP contribution in [0.15, 0.2) is 24.3 Å². The van der Waals surface area contributed by atoms with Crippen molar-refractivity contribution in [2.75, 3.05) is 37.5 Å². The van der Waals surface area contributed by atoms with Gasteiger partial charge in [0.05, 0.1) is 12.4 Å². The lowest BCUT2D eigenvalue weighted by atomic mass is 9.96. The summed E-state index contributed by atoms with van der Waals surface area (Å²) in [7, 11) is -1.79. The SMILES string of the molecule is COCCS(=O)(=O)N1CCC(C(=O)N2c3ccccc3CC2C)CC1. The van der Waals surface area contributed by atoms with Crippen LogP contribution < -0.4 is 4.90 Å². The van der Waals surface area contributed by atoms with Gasteiger partial charge in [0.1, 0.15) is 0 Å². The van der Waals surface area contributed by atoms with Crippen molar-refractivity contribution >= 4 is 21.6 Å². The lowest BCUT2D eigenvalue weighted by Crippen LogP contribution is -2.46. The average molecular weight is 366 g/mol. The molecule has 1 aromatic carbocycles. The maximum absolute atomic E-state index is 13.0. The molecular formula is C18H26N2O4S. The second-order valence-electron chi connectivity index (χ2n) is 6.87. The van der Waals surface area contributed by atoms with Crippen molar-refractivity contribution in [3.63, 3.8) is 0 Å². The number of sulfonamides is 1. The Labute approximate surface area is 149 Å². The van der Waals surface area contributed by atoms with E-state index in [1.54, 1.807) is 0 Å². The van der Waals surface area contributed by atoms with Crippen molar-refractivity contribution in [2.45, 2.75) is 32.2 Å². The number of amides is 1. The number of rotatable bonds is 5. The van der Waals surface area contributed by atoms with Crippen molar-refractivity contribution in [3.8, 4) is 0 Å². The molecule has 1 saturated heterocycles. The van der Waals surface area contributed by atoms with Gasteiger partial charge in [-0.3, -0.25) is 4.79 Å². The summed E-state index contributed by atoms with van der Waals surface area (Å²) in [4.78, 5) is 15.0. The van der Waals surface area contributed by atoms with Crippen LogP contribution in [0, 0.1) is 5.92 Å². The fourth-order valence-electron chi connectivity index (χ4n) is 3.80. The molecular weight excluding hydrogens is 340 g/mol. The minimum Gasteiger partial charge on any atom is -0.384 e. The first-order valence-corrected chi connectivity index (χ1v) is 10.4. The minimum atomic E-state index is -3.29. The fraction of sp³-hybridized carbons (Fsp3) is 0.611. The van der Waals surface area contributed by atoms with Crippen molar-refractivity contribution in [1.82, 2.24) is 4.31 Å². The van der Waals surface area contributed by atoms with E-state index in [1.165, 1.54) is 17.0 Å². The van der Waals surface area contributed by atoms with E-state index in [1.807, 2.05) is 23.1 Å². The highest BCUT2D eigenvalue weighted by molar-refractivity contribution is 7.89. The second kappa shape index (κ2) is 7.43. The van der Waals surface area contributed by atoms with E-state index in [0.717, 1.165) is 12.1 Å². The predicted molar refractivity (Wildman–Crippen MR) is 97.1 cm³/mol. The standard InChI is InChI=1S/C18H26N2O4S/c1-14-13-16-5-3-4-6-17(16)20(14)18(21)15-7-9-19(10-8-15)25(22,23)12-11-24-2/h3-6,14-15H,7-13H2,1-2H3. The molecule has 138 valence electrons. The number of fused-ring (bicyclic) bond motifs is 1. The number of para-hydroxylation sites is 1. The number of nitrogens with zero attached hydrogens (tertiary/aromatic N) is 2. The van der Waals surface area contributed by atoms with E-state index in [4.69, 9.17) is 4.74 Å². The molecule has 1 fully saturated rings. The van der Waals surface area contributed by atoms with E-state index in [2.05, 4.69) is 13.0 Å². The van der Waals surface area contributed by atoms with E-state index in [9.17, 15) is 13.2 Å². The highest BCUT2D eigenvalue weighted by Gasteiger charge is 2.37. The number of hydrogen-bond donors (Lipinski definition) is 0. The number of methoxy groups -OCH3 is 1. The third kappa shape index (κ3) is 3.73. The molecule has 25 heavy (non-hydrogen) atoms. The number of hydrogen-bond acceptors (Lipinski definition) is 4. The Balaban J connectivity index is 1.65. The van der Waals surface area contributed by atoms with Gasteiger partial charge in [-0.15, -0.1) is 0 Å². The zero-order chi connectivity index (χ0) is 18.0. The van der Waals surface area contributed by atoms with Gasteiger partial charge in [0.2, 0.25) is 15.9 Å². The van der Waals surface area contributed by atoms with Crippen LogP contribution >= 0.6 is 0 Å². The van der Waals surface area contributed by atoms with Crippen LogP contribution in [0.3, 0.4) is 0 Å². The molecule has 1 amide bonds. The molecule has 3 rings (SSSR count). The molecule has 0 aliphatic carbocycles. The van der Waals surface area contributed by atoms with Gasteiger partial charge in [0.25, 0.3) is 0 Å². The van der Waals surface area contributed by atoms with Crippen LogP contribution in [0.1, 0.15) is 25.3 Å². The van der Waals surface area contributed by atoms with Crippen molar-refractivity contribution in [2.24, 2.45) is 5.92 Å². The maximum atomic E-state index is 13.0.